The van der Waals surface area contributed by atoms with E-state index in [1.54, 1.807) is 0 Å². The standard InChI is InChI=1S/2Ce.5O.Zr/q2*+3;5*-2;+4. The molecule has 2 radical (unpaired) electrons. The zero-order chi connectivity index (χ0) is 0. The van der Waals surface area contributed by atoms with Crippen LogP contribution in [0.15, 0.2) is 0 Å². The molecule has 0 amide bonds. The van der Waals surface area contributed by atoms with Crippen molar-refractivity contribution in [3.05, 3.63) is 0 Å². The molecule has 0 saturated heterocycles. The zero-order valence-corrected chi connectivity index (χ0v) is 12.3. The number of hydrogen-bond donors (Lipinski definition) is 0. The van der Waals surface area contributed by atoms with E-state index >= 15 is 0 Å². The van der Waals surface area contributed by atoms with E-state index < -0.39 is 0 Å². The maximum atomic E-state index is 0. The third-order valence-electron chi connectivity index (χ3n) is 0. The maximum Gasteiger partial charge on any atom is 4.00 e. The van der Waals surface area contributed by atoms with Crippen molar-refractivity contribution in [3.63, 3.8) is 0 Å². The molecule has 0 aliphatic heterocycles. The van der Waals surface area contributed by atoms with Gasteiger partial charge < -0.3 is 27.4 Å². The van der Waals surface area contributed by atoms with Gasteiger partial charge in [-0.2, -0.15) is 0 Å². The van der Waals surface area contributed by atoms with E-state index in [0.717, 1.165) is 0 Å². The zero-order valence-electron chi connectivity index (χ0n) is 3.54. The minimum atomic E-state index is 0. The Morgan fingerprint density at radius 3 is 0.375 bits per heavy atom. The van der Waals surface area contributed by atoms with E-state index in [2.05, 4.69) is 0 Å². The molecule has 0 bridgehead atoms. The molecule has 8 heteroatoms. The van der Waals surface area contributed by atoms with Crippen LogP contribution in [0.2, 0.25) is 0 Å². The van der Waals surface area contributed by atoms with Gasteiger partial charge in [0, 0.05) is 0 Å². The Morgan fingerprint density at radius 2 is 0.375 bits per heavy atom. The Balaban J connectivity index is 0. The van der Waals surface area contributed by atoms with E-state index in [-0.39, 0.29) is 137 Å². The smallest absolute Gasteiger partial charge is 2.00 e. The second-order valence-electron chi connectivity index (χ2n) is 0. The second-order valence-corrected chi connectivity index (χ2v) is 0. The normalized spacial score (nSPS) is 0. The molecule has 42 valence electrons. The van der Waals surface area contributed by atoms with Crippen LogP contribution in [0.1, 0.15) is 0 Å². The fourth-order valence-corrected chi connectivity index (χ4v) is 0. The summed E-state index contributed by atoms with van der Waals surface area (Å²) in [5.74, 6) is 0. The molecule has 0 saturated carbocycles. The maximum absolute atomic E-state index is 0. The van der Waals surface area contributed by atoms with Crippen LogP contribution >= 0.6 is 0 Å². The van der Waals surface area contributed by atoms with Crippen LogP contribution in [0.4, 0.5) is 0 Å². The summed E-state index contributed by atoms with van der Waals surface area (Å²) in [6.45, 7) is 0. The second kappa shape index (κ2) is 78.7. The summed E-state index contributed by atoms with van der Waals surface area (Å²) in [6, 6.07) is 0. The van der Waals surface area contributed by atoms with Gasteiger partial charge in [-0.1, -0.05) is 0 Å². The summed E-state index contributed by atoms with van der Waals surface area (Å²) < 4.78 is 0. The summed E-state index contributed by atoms with van der Waals surface area (Å²) in [5.41, 5.74) is 0. The number of rotatable bonds is 0. The van der Waals surface area contributed by atoms with E-state index in [9.17, 15) is 0 Å². The summed E-state index contributed by atoms with van der Waals surface area (Å²) in [4.78, 5) is 0. The largest absolute Gasteiger partial charge is 4.00 e. The molecule has 0 aromatic rings. The van der Waals surface area contributed by atoms with Gasteiger partial charge in [0.15, 0.2) is 0 Å². The minimum absolute atomic E-state index is 0. The van der Waals surface area contributed by atoms with Crippen LogP contribution in [0.5, 0.6) is 0 Å². The Kier molecular flexibility index (Phi) is 1040. The molecule has 0 heterocycles. The van der Waals surface area contributed by atoms with Crippen molar-refractivity contribution in [1.29, 1.82) is 0 Å². The van der Waals surface area contributed by atoms with Gasteiger partial charge in [-0.15, -0.1) is 0 Å². The van der Waals surface area contributed by atoms with Gasteiger partial charge in [0.25, 0.3) is 0 Å². The van der Waals surface area contributed by atoms with E-state index in [1.807, 2.05) is 0 Å². The molecule has 0 spiro atoms. The molecule has 0 atom stereocenters. The van der Waals surface area contributed by atoms with Crippen molar-refractivity contribution in [3.8, 4) is 0 Å². The van der Waals surface area contributed by atoms with Gasteiger partial charge in [0.2, 0.25) is 0 Å². The van der Waals surface area contributed by atoms with Crippen LogP contribution in [0.25, 0.3) is 0 Å². The van der Waals surface area contributed by atoms with Gasteiger partial charge in [-0.05, 0) is 0 Å². The average molecular weight is 451 g/mol. The van der Waals surface area contributed by atoms with Crippen LogP contribution in [0, 0.1) is 83.5 Å². The molecule has 8 heavy (non-hydrogen) atoms. The predicted molar refractivity (Wildman–Crippen MR) is 3.43 cm³/mol. The van der Waals surface area contributed by atoms with Crippen LogP contribution in [0.3, 0.4) is 0 Å². The molecule has 0 rings (SSSR count). The SMILES string of the molecule is [Ce+3].[Ce+3].[O-2].[O-2].[O-2].[O-2].[O-2].[Zr+4]. The average Bonchev–Trinajstić information content (AvgIpc) is 0. The van der Waals surface area contributed by atoms with Crippen molar-refractivity contribution >= 4 is 0 Å². The Hall–Kier alpha value is 3.44. The molecule has 0 aliphatic rings. The first-order chi connectivity index (χ1) is 0. The minimum Gasteiger partial charge on any atom is -2.00 e. The molecule has 0 fully saturated rings. The number of hydrogen-bond acceptors (Lipinski definition) is 0. The molecule has 5 nitrogen and oxygen atoms in total. The van der Waals surface area contributed by atoms with Crippen LogP contribution in [-0.2, 0) is 53.6 Å². The van der Waals surface area contributed by atoms with E-state index in [1.165, 1.54) is 0 Å². The Morgan fingerprint density at radius 1 is 0.375 bits per heavy atom. The third-order valence-corrected chi connectivity index (χ3v) is 0. The molecule has 0 aromatic carbocycles. The van der Waals surface area contributed by atoms with E-state index in [0.29, 0.717) is 0 Å². The quantitative estimate of drug-likeness (QED) is 0.464. The summed E-state index contributed by atoms with van der Waals surface area (Å²) in [5, 5.41) is 0. The molecule has 0 N–H and O–H groups in total. The van der Waals surface area contributed by atoms with Gasteiger partial charge in [0.1, 0.15) is 0 Å². The third kappa shape index (κ3) is 56.9. The van der Waals surface area contributed by atoms with Crippen molar-refractivity contribution in [1.82, 2.24) is 0 Å². The van der Waals surface area contributed by atoms with Crippen molar-refractivity contribution < 1.29 is 137 Å². The Labute approximate surface area is 134 Å². The summed E-state index contributed by atoms with van der Waals surface area (Å²) in [6.07, 6.45) is 0. The van der Waals surface area contributed by atoms with E-state index in [4.69, 9.17) is 0 Å². The molecule has 0 aliphatic carbocycles. The first-order valence-corrected chi connectivity index (χ1v) is 0. The first-order valence-electron chi connectivity index (χ1n) is 0. The van der Waals surface area contributed by atoms with Crippen LogP contribution < -0.4 is 0 Å². The monoisotopic (exact) mass is 450 g/mol. The van der Waals surface area contributed by atoms with Gasteiger partial charge in [0.05, 0.1) is 0 Å². The fourth-order valence-electron chi connectivity index (χ4n) is 0. The van der Waals surface area contributed by atoms with Gasteiger partial charge in [-0.3, -0.25) is 0 Å². The van der Waals surface area contributed by atoms with Gasteiger partial charge in [-0.25, -0.2) is 0 Å². The van der Waals surface area contributed by atoms with Crippen LogP contribution in [-0.4, -0.2) is 0 Å². The topological polar surface area (TPSA) is 142 Å². The predicted octanol–water partition coefficient (Wildman–Crippen LogP) is -0.596. The van der Waals surface area contributed by atoms with Crippen molar-refractivity contribution in [2.24, 2.45) is 0 Å². The van der Waals surface area contributed by atoms with Crippen molar-refractivity contribution in [2.75, 3.05) is 0 Å². The first kappa shape index (κ1) is 105. The Bertz CT molecular complexity index is 10.4. The summed E-state index contributed by atoms with van der Waals surface area (Å²) >= 11 is 0. The molecule has 0 unspecified atom stereocenters. The molecular formula is Ce2O5Zr. The molecule has 0 aromatic heterocycles. The molecular weight excluding hydrogens is 451 g/mol. The van der Waals surface area contributed by atoms with Crippen molar-refractivity contribution in [2.45, 2.75) is 0 Å². The summed E-state index contributed by atoms with van der Waals surface area (Å²) in [7, 11) is 0. The van der Waals surface area contributed by atoms with Gasteiger partial charge >= 0.3 is 110 Å². The fraction of sp³-hybridized carbons (Fsp3) is 0.